The number of aliphatic hydroxyl groups is 1. The molecule has 92 valence electrons. The fraction of sp³-hybridized carbons (Fsp3) is 0.800. The molecule has 1 fully saturated rings. The number of rotatable bonds is 1. The van der Waals surface area contributed by atoms with Crippen LogP contribution in [0.15, 0.2) is 0 Å². The molecule has 0 bridgehead atoms. The maximum atomic E-state index is 11.7. The number of hydrogen-bond donors (Lipinski definition) is 2. The number of likely N-dealkylation sites (tertiary alicyclic amines) is 1. The highest BCUT2D eigenvalue weighted by molar-refractivity contribution is 5.81. The number of hydrogen-bond acceptors (Lipinski definition) is 4. The summed E-state index contributed by atoms with van der Waals surface area (Å²) in [7, 11) is 0. The van der Waals surface area contributed by atoms with Gasteiger partial charge in [-0.05, 0) is 33.6 Å². The molecule has 6 nitrogen and oxygen atoms in total. The third-order valence-electron chi connectivity index (χ3n) is 2.24. The van der Waals surface area contributed by atoms with Crippen LogP contribution in [0.25, 0.3) is 0 Å². The lowest BCUT2D eigenvalue weighted by molar-refractivity contribution is -0.144. The molecule has 1 aliphatic heterocycles. The van der Waals surface area contributed by atoms with Gasteiger partial charge in [0.1, 0.15) is 17.9 Å². The molecular weight excluding hydrogens is 214 g/mol. The molecule has 2 atom stereocenters. The van der Waals surface area contributed by atoms with Crippen molar-refractivity contribution in [1.29, 1.82) is 0 Å². The number of carbonyl (C=O) groups excluding carboxylic acids is 1. The first-order chi connectivity index (χ1) is 7.22. The second-order valence-corrected chi connectivity index (χ2v) is 4.80. The van der Waals surface area contributed by atoms with Crippen LogP contribution in [0.1, 0.15) is 33.6 Å². The Morgan fingerprint density at radius 3 is 2.31 bits per heavy atom. The summed E-state index contributed by atoms with van der Waals surface area (Å²) in [6.07, 6.45) is -1.35. The fourth-order valence-electron chi connectivity index (χ4n) is 1.60. The number of amides is 1. The van der Waals surface area contributed by atoms with Crippen molar-refractivity contribution >= 4 is 12.1 Å². The molecule has 0 aromatic heterocycles. The van der Waals surface area contributed by atoms with Crippen LogP contribution in [0.4, 0.5) is 4.79 Å². The SMILES string of the molecule is CC(C)(C)OC(=O)N1[C@H](O)CC[C@@H]1C(=O)O. The van der Waals surface area contributed by atoms with Gasteiger partial charge in [-0.3, -0.25) is 4.90 Å². The van der Waals surface area contributed by atoms with Crippen molar-refractivity contribution in [2.45, 2.75) is 51.5 Å². The molecule has 1 aliphatic rings. The molecule has 0 aliphatic carbocycles. The highest BCUT2D eigenvalue weighted by Gasteiger charge is 2.42. The molecule has 6 heteroatoms. The first-order valence-corrected chi connectivity index (χ1v) is 5.14. The smallest absolute Gasteiger partial charge is 0.413 e. The Kier molecular flexibility index (Phi) is 3.42. The van der Waals surface area contributed by atoms with Crippen molar-refractivity contribution in [1.82, 2.24) is 4.90 Å². The lowest BCUT2D eigenvalue weighted by Crippen LogP contribution is -2.47. The van der Waals surface area contributed by atoms with Gasteiger partial charge in [-0.1, -0.05) is 0 Å². The quantitative estimate of drug-likeness (QED) is 0.696. The Morgan fingerprint density at radius 1 is 1.31 bits per heavy atom. The highest BCUT2D eigenvalue weighted by Crippen LogP contribution is 2.25. The molecule has 1 amide bonds. The molecule has 0 radical (unpaired) electrons. The molecule has 1 heterocycles. The fourth-order valence-corrected chi connectivity index (χ4v) is 1.60. The van der Waals surface area contributed by atoms with E-state index < -0.39 is 29.9 Å². The Bertz CT molecular complexity index is 296. The van der Waals surface area contributed by atoms with Crippen LogP contribution in [0.2, 0.25) is 0 Å². The largest absolute Gasteiger partial charge is 0.480 e. The third-order valence-corrected chi connectivity index (χ3v) is 2.24. The predicted molar refractivity (Wildman–Crippen MR) is 54.7 cm³/mol. The first kappa shape index (κ1) is 12.8. The van der Waals surface area contributed by atoms with E-state index in [1.807, 2.05) is 0 Å². The average molecular weight is 231 g/mol. The Balaban J connectivity index is 2.76. The van der Waals surface area contributed by atoms with E-state index in [1.165, 1.54) is 0 Å². The van der Waals surface area contributed by atoms with Crippen LogP contribution in [0.5, 0.6) is 0 Å². The molecule has 0 unspecified atom stereocenters. The highest BCUT2D eigenvalue weighted by atomic mass is 16.6. The summed E-state index contributed by atoms with van der Waals surface area (Å²) < 4.78 is 5.04. The van der Waals surface area contributed by atoms with Gasteiger partial charge in [0.05, 0.1) is 0 Å². The second-order valence-electron chi connectivity index (χ2n) is 4.80. The van der Waals surface area contributed by atoms with E-state index >= 15 is 0 Å². The zero-order valence-corrected chi connectivity index (χ0v) is 9.64. The zero-order chi connectivity index (χ0) is 12.5. The molecular formula is C10H17NO5. The van der Waals surface area contributed by atoms with Gasteiger partial charge in [0, 0.05) is 0 Å². The lowest BCUT2D eigenvalue weighted by atomic mass is 10.2. The van der Waals surface area contributed by atoms with Gasteiger partial charge in [-0.2, -0.15) is 0 Å². The average Bonchev–Trinajstić information content (AvgIpc) is 2.43. The van der Waals surface area contributed by atoms with Gasteiger partial charge in [0.2, 0.25) is 0 Å². The predicted octanol–water partition coefficient (Wildman–Crippen LogP) is 0.789. The number of carbonyl (C=O) groups is 2. The van der Waals surface area contributed by atoms with Crippen LogP contribution in [0.3, 0.4) is 0 Å². The van der Waals surface area contributed by atoms with E-state index in [0.717, 1.165) is 4.90 Å². The number of aliphatic hydroxyl groups excluding tert-OH is 1. The van der Waals surface area contributed by atoms with E-state index in [-0.39, 0.29) is 12.8 Å². The Hall–Kier alpha value is -1.30. The van der Waals surface area contributed by atoms with Gasteiger partial charge in [-0.15, -0.1) is 0 Å². The van der Waals surface area contributed by atoms with Gasteiger partial charge < -0.3 is 14.9 Å². The van der Waals surface area contributed by atoms with E-state index in [0.29, 0.717) is 0 Å². The monoisotopic (exact) mass is 231 g/mol. The standard InChI is InChI=1S/C10H17NO5/c1-10(2,3)16-9(15)11-6(8(13)14)4-5-7(11)12/h6-7,12H,4-5H2,1-3H3,(H,13,14)/t6-,7-/m1/s1. The van der Waals surface area contributed by atoms with Gasteiger partial charge in [0.25, 0.3) is 0 Å². The van der Waals surface area contributed by atoms with Crippen molar-refractivity contribution < 1.29 is 24.5 Å². The minimum Gasteiger partial charge on any atom is -0.480 e. The zero-order valence-electron chi connectivity index (χ0n) is 9.64. The normalized spacial score (nSPS) is 25.6. The van der Waals surface area contributed by atoms with Crippen LogP contribution >= 0.6 is 0 Å². The molecule has 1 saturated heterocycles. The van der Waals surface area contributed by atoms with Crippen molar-refractivity contribution in [3.05, 3.63) is 0 Å². The van der Waals surface area contributed by atoms with E-state index in [4.69, 9.17) is 9.84 Å². The summed E-state index contributed by atoms with van der Waals surface area (Å²) in [6.45, 7) is 5.05. The molecule has 0 aromatic carbocycles. The number of ether oxygens (including phenoxy) is 1. The van der Waals surface area contributed by atoms with Crippen molar-refractivity contribution in [2.24, 2.45) is 0 Å². The van der Waals surface area contributed by atoms with Crippen molar-refractivity contribution in [3.8, 4) is 0 Å². The van der Waals surface area contributed by atoms with Crippen molar-refractivity contribution in [3.63, 3.8) is 0 Å². The molecule has 0 spiro atoms. The van der Waals surface area contributed by atoms with Crippen LogP contribution in [-0.4, -0.2) is 45.0 Å². The van der Waals surface area contributed by atoms with Crippen LogP contribution < -0.4 is 0 Å². The number of carboxylic acid groups (broad SMARTS) is 1. The van der Waals surface area contributed by atoms with E-state index in [9.17, 15) is 14.7 Å². The van der Waals surface area contributed by atoms with E-state index in [2.05, 4.69) is 0 Å². The Morgan fingerprint density at radius 2 is 1.88 bits per heavy atom. The molecule has 16 heavy (non-hydrogen) atoms. The molecule has 1 rings (SSSR count). The van der Waals surface area contributed by atoms with Crippen molar-refractivity contribution in [2.75, 3.05) is 0 Å². The van der Waals surface area contributed by atoms with E-state index in [1.54, 1.807) is 20.8 Å². The number of carboxylic acids is 1. The topological polar surface area (TPSA) is 87.1 Å². The first-order valence-electron chi connectivity index (χ1n) is 5.14. The summed E-state index contributed by atoms with van der Waals surface area (Å²) in [5.74, 6) is -1.12. The molecule has 0 aromatic rings. The summed E-state index contributed by atoms with van der Waals surface area (Å²) in [5, 5.41) is 18.4. The maximum Gasteiger partial charge on any atom is 0.413 e. The van der Waals surface area contributed by atoms with Gasteiger partial charge in [0.15, 0.2) is 0 Å². The summed E-state index contributed by atoms with van der Waals surface area (Å²) in [4.78, 5) is 23.4. The van der Waals surface area contributed by atoms with Crippen LogP contribution in [0, 0.1) is 0 Å². The second kappa shape index (κ2) is 4.29. The molecule has 0 saturated carbocycles. The number of nitrogens with zero attached hydrogens (tertiary/aromatic N) is 1. The summed E-state index contributed by atoms with van der Waals surface area (Å²) in [6, 6.07) is -0.996. The number of aliphatic carboxylic acids is 1. The molecule has 2 N–H and O–H groups in total. The Labute approximate surface area is 93.8 Å². The van der Waals surface area contributed by atoms with Gasteiger partial charge >= 0.3 is 12.1 Å². The van der Waals surface area contributed by atoms with Gasteiger partial charge in [-0.25, -0.2) is 9.59 Å². The summed E-state index contributed by atoms with van der Waals surface area (Å²) >= 11 is 0. The van der Waals surface area contributed by atoms with Crippen LogP contribution in [-0.2, 0) is 9.53 Å². The minimum absolute atomic E-state index is 0.246. The lowest BCUT2D eigenvalue weighted by Gasteiger charge is -2.28. The summed E-state index contributed by atoms with van der Waals surface area (Å²) in [5.41, 5.74) is -0.706. The maximum absolute atomic E-state index is 11.7. The minimum atomic E-state index is -1.12. The third kappa shape index (κ3) is 2.85.